The predicted octanol–water partition coefficient (Wildman–Crippen LogP) is 10.9. The molecule has 0 fully saturated rings. The lowest BCUT2D eigenvalue weighted by molar-refractivity contribution is 1.18. The summed E-state index contributed by atoms with van der Waals surface area (Å²) in [4.78, 5) is 2.67. The van der Waals surface area contributed by atoms with Crippen molar-refractivity contribution >= 4 is 55.1 Å². The summed E-state index contributed by atoms with van der Waals surface area (Å²) in [5.41, 5.74) is 8.86. The third-order valence-corrected chi connectivity index (χ3v) is 9.52. The summed E-state index contributed by atoms with van der Waals surface area (Å²) >= 11 is 1.88. The van der Waals surface area contributed by atoms with Crippen molar-refractivity contribution < 1.29 is 0 Å². The highest BCUT2D eigenvalue weighted by molar-refractivity contribution is 7.99. The van der Waals surface area contributed by atoms with Crippen LogP contribution in [-0.4, -0.2) is 4.57 Å². The number of benzene rings is 7. The number of aromatic nitrogens is 1. The van der Waals surface area contributed by atoms with Gasteiger partial charge in [0.05, 0.1) is 11.0 Å². The van der Waals surface area contributed by atoms with E-state index in [1.807, 2.05) is 11.8 Å². The third kappa shape index (κ3) is 3.05. The Hall–Kier alpha value is -4.79. The van der Waals surface area contributed by atoms with E-state index < -0.39 is 0 Å². The maximum Gasteiger partial charge on any atom is 0.0547 e. The molecular formula is C38H23NS. The molecule has 1 nitrogen and oxygen atoms in total. The monoisotopic (exact) mass is 525 g/mol. The average Bonchev–Trinajstić information content (AvgIpc) is 3.36. The minimum absolute atomic E-state index is 1.19. The molecule has 40 heavy (non-hydrogen) atoms. The maximum atomic E-state index is 2.41. The van der Waals surface area contributed by atoms with Crippen LogP contribution in [0.15, 0.2) is 149 Å². The van der Waals surface area contributed by atoms with Gasteiger partial charge in [-0.25, -0.2) is 0 Å². The summed E-state index contributed by atoms with van der Waals surface area (Å²) in [5.74, 6) is 0. The Bertz CT molecular complexity index is 2290. The lowest BCUT2D eigenvalue weighted by Crippen LogP contribution is -1.94. The fourth-order valence-corrected chi connectivity index (χ4v) is 7.77. The fourth-order valence-electron chi connectivity index (χ4n) is 6.64. The molecule has 0 amide bonds. The first-order chi connectivity index (χ1) is 19.8. The first-order valence-corrected chi connectivity index (χ1v) is 14.5. The van der Waals surface area contributed by atoms with Gasteiger partial charge in [-0.3, -0.25) is 0 Å². The highest BCUT2D eigenvalue weighted by Crippen LogP contribution is 2.50. The quantitative estimate of drug-likeness (QED) is 0.217. The molecule has 1 aliphatic heterocycles. The van der Waals surface area contributed by atoms with Crippen LogP contribution in [0.1, 0.15) is 0 Å². The van der Waals surface area contributed by atoms with Crippen LogP contribution in [0.5, 0.6) is 0 Å². The van der Waals surface area contributed by atoms with Gasteiger partial charge in [0, 0.05) is 31.6 Å². The molecule has 0 saturated heterocycles. The first kappa shape index (κ1) is 22.1. The summed E-state index contributed by atoms with van der Waals surface area (Å²) in [5, 5.41) is 7.83. The van der Waals surface area contributed by atoms with Gasteiger partial charge in [0.15, 0.2) is 0 Å². The van der Waals surface area contributed by atoms with Crippen LogP contribution in [0.25, 0.3) is 71.3 Å². The highest BCUT2D eigenvalue weighted by Gasteiger charge is 2.21. The van der Waals surface area contributed by atoms with Crippen molar-refractivity contribution in [3.63, 3.8) is 0 Å². The maximum absolute atomic E-state index is 2.41. The molecule has 9 rings (SSSR count). The first-order valence-electron chi connectivity index (χ1n) is 13.7. The molecule has 0 N–H and O–H groups in total. The van der Waals surface area contributed by atoms with Crippen LogP contribution >= 0.6 is 11.8 Å². The molecule has 0 saturated carbocycles. The smallest absolute Gasteiger partial charge is 0.0547 e. The Morgan fingerprint density at radius 3 is 2.15 bits per heavy atom. The standard InChI is InChI=1S/C38H23NS/c1-2-9-26(10-3-1)39-33-15-6-4-12-31(33)37-32-23-25(18-17-24(32)19-21-34(37)39)27-20-22-36-38-29(27)13-8-14-30(38)28-11-5-7-16-35(28)40-36/h1-23H. The van der Waals surface area contributed by atoms with Crippen molar-refractivity contribution in [2.45, 2.75) is 9.79 Å². The van der Waals surface area contributed by atoms with Gasteiger partial charge in [-0.15, -0.1) is 0 Å². The van der Waals surface area contributed by atoms with Crippen LogP contribution < -0.4 is 0 Å². The van der Waals surface area contributed by atoms with Crippen molar-refractivity contribution in [3.05, 3.63) is 140 Å². The number of para-hydroxylation sites is 2. The molecule has 7 aromatic carbocycles. The molecule has 0 aliphatic carbocycles. The topological polar surface area (TPSA) is 4.93 Å². The predicted molar refractivity (Wildman–Crippen MR) is 171 cm³/mol. The summed E-state index contributed by atoms with van der Waals surface area (Å²) in [6.45, 7) is 0. The lowest BCUT2D eigenvalue weighted by atomic mass is 9.91. The number of hydrogen-bond donors (Lipinski definition) is 0. The number of hydrogen-bond acceptors (Lipinski definition) is 1. The van der Waals surface area contributed by atoms with Gasteiger partial charge >= 0.3 is 0 Å². The zero-order chi connectivity index (χ0) is 26.2. The van der Waals surface area contributed by atoms with Crippen molar-refractivity contribution in [3.8, 4) is 27.9 Å². The Morgan fingerprint density at radius 1 is 0.425 bits per heavy atom. The second kappa shape index (κ2) is 8.35. The normalized spacial score (nSPS) is 12.4. The van der Waals surface area contributed by atoms with Crippen LogP contribution in [-0.2, 0) is 0 Å². The molecule has 0 bridgehead atoms. The molecule has 0 atom stereocenters. The van der Waals surface area contributed by atoms with Gasteiger partial charge < -0.3 is 4.57 Å². The van der Waals surface area contributed by atoms with Gasteiger partial charge in [0.25, 0.3) is 0 Å². The zero-order valence-corrected chi connectivity index (χ0v) is 22.5. The van der Waals surface area contributed by atoms with E-state index in [4.69, 9.17) is 0 Å². The van der Waals surface area contributed by atoms with E-state index in [2.05, 4.69) is 144 Å². The van der Waals surface area contributed by atoms with Crippen molar-refractivity contribution in [2.24, 2.45) is 0 Å². The van der Waals surface area contributed by atoms with Crippen LogP contribution in [0.3, 0.4) is 0 Å². The van der Waals surface area contributed by atoms with Crippen LogP contribution in [0.4, 0.5) is 0 Å². The van der Waals surface area contributed by atoms with Gasteiger partial charge in [0.2, 0.25) is 0 Å². The van der Waals surface area contributed by atoms with E-state index in [9.17, 15) is 0 Å². The Kier molecular flexibility index (Phi) is 4.61. The van der Waals surface area contributed by atoms with Gasteiger partial charge in [0.1, 0.15) is 0 Å². The summed E-state index contributed by atoms with van der Waals surface area (Å²) in [6.07, 6.45) is 0. The summed E-state index contributed by atoms with van der Waals surface area (Å²) in [6, 6.07) is 51.2. The summed E-state index contributed by atoms with van der Waals surface area (Å²) in [7, 11) is 0. The van der Waals surface area contributed by atoms with Gasteiger partial charge in [-0.1, -0.05) is 109 Å². The van der Waals surface area contributed by atoms with E-state index in [1.165, 1.54) is 81.1 Å². The molecule has 8 aromatic rings. The van der Waals surface area contributed by atoms with E-state index in [0.29, 0.717) is 0 Å². The third-order valence-electron chi connectivity index (χ3n) is 8.38. The van der Waals surface area contributed by atoms with E-state index in [-0.39, 0.29) is 0 Å². The summed E-state index contributed by atoms with van der Waals surface area (Å²) < 4.78 is 2.40. The SMILES string of the molecule is c1ccc(-n2c3ccccc3c3c4cc(-c5ccc6c7c(cccc57)-c5ccccc5S6)ccc4ccc32)cc1. The molecule has 186 valence electrons. The molecule has 2 heteroatoms. The average molecular weight is 526 g/mol. The van der Waals surface area contributed by atoms with Crippen LogP contribution in [0.2, 0.25) is 0 Å². The number of rotatable bonds is 2. The molecule has 2 heterocycles. The minimum atomic E-state index is 1.19. The highest BCUT2D eigenvalue weighted by atomic mass is 32.2. The van der Waals surface area contributed by atoms with E-state index in [0.717, 1.165) is 0 Å². The number of nitrogens with zero attached hydrogens (tertiary/aromatic N) is 1. The largest absolute Gasteiger partial charge is 0.309 e. The molecule has 0 radical (unpaired) electrons. The zero-order valence-electron chi connectivity index (χ0n) is 21.6. The molecular weight excluding hydrogens is 502 g/mol. The number of fused-ring (bicyclic) bond motifs is 7. The second-order valence-corrected chi connectivity index (χ2v) is 11.6. The molecule has 0 unspecified atom stereocenters. The lowest BCUT2D eigenvalue weighted by Gasteiger charge is -2.21. The molecule has 0 spiro atoms. The van der Waals surface area contributed by atoms with Crippen LogP contribution in [0, 0.1) is 0 Å². The van der Waals surface area contributed by atoms with Crippen molar-refractivity contribution in [1.29, 1.82) is 0 Å². The Labute approximate surface area is 236 Å². The van der Waals surface area contributed by atoms with Gasteiger partial charge in [-0.2, -0.15) is 0 Å². The Morgan fingerprint density at radius 2 is 1.20 bits per heavy atom. The second-order valence-electron chi connectivity index (χ2n) is 10.5. The minimum Gasteiger partial charge on any atom is -0.309 e. The molecule has 1 aromatic heterocycles. The van der Waals surface area contributed by atoms with Crippen molar-refractivity contribution in [2.75, 3.05) is 0 Å². The van der Waals surface area contributed by atoms with Gasteiger partial charge in [-0.05, 0) is 80.9 Å². The molecule has 1 aliphatic rings. The van der Waals surface area contributed by atoms with Crippen molar-refractivity contribution in [1.82, 2.24) is 4.57 Å². The fraction of sp³-hybridized carbons (Fsp3) is 0. The van der Waals surface area contributed by atoms with E-state index in [1.54, 1.807) is 0 Å². The Balaban J connectivity index is 1.34. The van der Waals surface area contributed by atoms with E-state index >= 15 is 0 Å².